The Labute approximate surface area is 133 Å². The number of hydrogen-bond acceptors (Lipinski definition) is 6. The molecule has 0 spiro atoms. The molecule has 120 valence electrons. The molecule has 1 atom stereocenters. The molecule has 0 saturated carbocycles. The maximum atomic E-state index is 6.28. The molecule has 23 heavy (non-hydrogen) atoms. The van der Waals surface area contributed by atoms with Gasteiger partial charge in [0.15, 0.2) is 17.3 Å². The van der Waals surface area contributed by atoms with Crippen LogP contribution in [-0.2, 0) is 0 Å². The number of H-pyrrole nitrogens is 1. The van der Waals surface area contributed by atoms with Crippen molar-refractivity contribution in [3.05, 3.63) is 48.0 Å². The van der Waals surface area contributed by atoms with Crippen LogP contribution in [0.3, 0.4) is 0 Å². The molecule has 2 aromatic heterocycles. The number of ether oxygens (including phenoxy) is 2. The monoisotopic (exact) mass is 314 g/mol. The average Bonchev–Trinajstić information content (AvgIpc) is 3.25. The van der Waals surface area contributed by atoms with Crippen LogP contribution in [0.5, 0.6) is 11.5 Å². The first-order valence-electron chi connectivity index (χ1n) is 7.25. The third-order valence-electron chi connectivity index (χ3n) is 3.39. The van der Waals surface area contributed by atoms with E-state index in [1.165, 1.54) is 0 Å². The van der Waals surface area contributed by atoms with Gasteiger partial charge < -0.3 is 19.6 Å². The molecule has 3 N–H and O–H groups in total. The summed E-state index contributed by atoms with van der Waals surface area (Å²) in [5.41, 5.74) is 7.12. The van der Waals surface area contributed by atoms with Gasteiger partial charge in [0.1, 0.15) is 5.82 Å². The van der Waals surface area contributed by atoms with Gasteiger partial charge in [-0.05, 0) is 36.8 Å². The number of methoxy groups -OCH3 is 1. The van der Waals surface area contributed by atoms with Crippen molar-refractivity contribution < 1.29 is 13.9 Å². The first kappa shape index (κ1) is 15.1. The van der Waals surface area contributed by atoms with Crippen molar-refractivity contribution in [1.82, 2.24) is 15.2 Å². The molecule has 3 rings (SSSR count). The quantitative estimate of drug-likeness (QED) is 0.725. The van der Waals surface area contributed by atoms with Crippen LogP contribution in [0.15, 0.2) is 41.0 Å². The van der Waals surface area contributed by atoms with E-state index in [0.717, 1.165) is 5.56 Å². The zero-order chi connectivity index (χ0) is 16.2. The summed E-state index contributed by atoms with van der Waals surface area (Å²) in [7, 11) is 1.60. The topological polar surface area (TPSA) is 99.2 Å². The molecule has 0 radical (unpaired) electrons. The van der Waals surface area contributed by atoms with Gasteiger partial charge in [0.25, 0.3) is 0 Å². The number of nitrogens with zero attached hydrogens (tertiary/aromatic N) is 2. The Morgan fingerprint density at radius 1 is 1.30 bits per heavy atom. The minimum absolute atomic E-state index is 0.462. The van der Waals surface area contributed by atoms with Crippen LogP contribution in [0.25, 0.3) is 11.6 Å². The second-order valence-electron chi connectivity index (χ2n) is 4.84. The fraction of sp³-hybridized carbons (Fsp3) is 0.250. The van der Waals surface area contributed by atoms with E-state index in [0.29, 0.717) is 35.5 Å². The van der Waals surface area contributed by atoms with Crippen molar-refractivity contribution in [3.63, 3.8) is 0 Å². The Hall–Kier alpha value is -2.80. The van der Waals surface area contributed by atoms with Gasteiger partial charge in [-0.2, -0.15) is 0 Å². The van der Waals surface area contributed by atoms with Gasteiger partial charge in [0.2, 0.25) is 5.82 Å². The Morgan fingerprint density at radius 3 is 2.87 bits per heavy atom. The van der Waals surface area contributed by atoms with Gasteiger partial charge in [-0.25, -0.2) is 4.98 Å². The van der Waals surface area contributed by atoms with Gasteiger partial charge in [0, 0.05) is 0 Å². The highest BCUT2D eigenvalue weighted by atomic mass is 16.5. The lowest BCUT2D eigenvalue weighted by Gasteiger charge is -2.14. The third kappa shape index (κ3) is 3.04. The zero-order valence-electron chi connectivity index (χ0n) is 12.9. The molecule has 2 heterocycles. The normalized spacial score (nSPS) is 12.1. The average molecular weight is 314 g/mol. The fourth-order valence-electron chi connectivity index (χ4n) is 2.24. The number of aromatic nitrogens is 3. The summed E-state index contributed by atoms with van der Waals surface area (Å²) >= 11 is 0. The van der Waals surface area contributed by atoms with Crippen molar-refractivity contribution in [2.24, 2.45) is 5.73 Å². The minimum atomic E-state index is -0.462. The summed E-state index contributed by atoms with van der Waals surface area (Å²) in [6.07, 6.45) is 1.57. The van der Waals surface area contributed by atoms with Crippen molar-refractivity contribution in [3.8, 4) is 23.1 Å². The smallest absolute Gasteiger partial charge is 0.216 e. The largest absolute Gasteiger partial charge is 0.493 e. The highest BCUT2D eigenvalue weighted by Crippen LogP contribution is 2.31. The maximum Gasteiger partial charge on any atom is 0.216 e. The summed E-state index contributed by atoms with van der Waals surface area (Å²) in [6.45, 7) is 2.46. The number of benzene rings is 1. The number of hydrogen-bond donors (Lipinski definition) is 2. The van der Waals surface area contributed by atoms with Crippen LogP contribution in [0, 0.1) is 0 Å². The van der Waals surface area contributed by atoms with E-state index >= 15 is 0 Å². The second kappa shape index (κ2) is 6.53. The maximum absolute atomic E-state index is 6.28. The highest BCUT2D eigenvalue weighted by molar-refractivity contribution is 5.47. The zero-order valence-corrected chi connectivity index (χ0v) is 12.9. The van der Waals surface area contributed by atoms with E-state index < -0.39 is 6.04 Å². The Bertz CT molecular complexity index is 767. The van der Waals surface area contributed by atoms with Crippen LogP contribution in [0.4, 0.5) is 0 Å². The summed E-state index contributed by atoms with van der Waals surface area (Å²) < 4.78 is 16.1. The van der Waals surface area contributed by atoms with Gasteiger partial charge in [-0.15, -0.1) is 5.10 Å². The molecular weight excluding hydrogens is 296 g/mol. The predicted molar refractivity (Wildman–Crippen MR) is 84.3 cm³/mol. The summed E-state index contributed by atoms with van der Waals surface area (Å²) in [5.74, 6) is 2.91. The molecule has 0 bridgehead atoms. The predicted octanol–water partition coefficient (Wildman–Crippen LogP) is 2.52. The molecule has 7 heteroatoms. The van der Waals surface area contributed by atoms with Gasteiger partial charge in [0.05, 0.1) is 26.0 Å². The van der Waals surface area contributed by atoms with E-state index in [1.54, 1.807) is 25.5 Å². The lowest BCUT2D eigenvalue weighted by molar-refractivity contribution is 0.310. The molecule has 0 aliphatic carbocycles. The van der Waals surface area contributed by atoms with Gasteiger partial charge >= 0.3 is 0 Å². The lowest BCUT2D eigenvalue weighted by Crippen LogP contribution is -2.14. The van der Waals surface area contributed by atoms with E-state index in [1.807, 2.05) is 25.1 Å². The van der Waals surface area contributed by atoms with E-state index in [-0.39, 0.29) is 0 Å². The molecule has 0 fully saturated rings. The molecule has 7 nitrogen and oxygen atoms in total. The molecule has 0 aliphatic rings. The molecule has 0 aliphatic heterocycles. The van der Waals surface area contributed by atoms with Gasteiger partial charge in [-0.3, -0.25) is 5.10 Å². The first-order chi connectivity index (χ1) is 11.2. The fourth-order valence-corrected chi connectivity index (χ4v) is 2.24. The standard InChI is InChI=1S/C16H18N4O3/c1-3-22-13-9-10(6-7-11(13)21-2)14(17)16-18-15(19-20-16)12-5-4-8-23-12/h4-9,14H,3,17H2,1-2H3,(H,18,19,20)/t14-/m1/s1. The Morgan fingerprint density at radius 2 is 2.17 bits per heavy atom. The number of aromatic amines is 1. The summed E-state index contributed by atoms with van der Waals surface area (Å²) in [6, 6.07) is 8.66. The minimum Gasteiger partial charge on any atom is -0.493 e. The van der Waals surface area contributed by atoms with Crippen LogP contribution < -0.4 is 15.2 Å². The molecule has 1 aromatic carbocycles. The van der Waals surface area contributed by atoms with Crippen molar-refractivity contribution in [2.75, 3.05) is 13.7 Å². The Balaban J connectivity index is 1.88. The van der Waals surface area contributed by atoms with Crippen molar-refractivity contribution >= 4 is 0 Å². The van der Waals surface area contributed by atoms with Crippen LogP contribution in [-0.4, -0.2) is 28.9 Å². The molecule has 0 amide bonds. The molecular formula is C16H18N4O3. The molecule has 0 unspecified atom stereocenters. The van der Waals surface area contributed by atoms with Crippen molar-refractivity contribution in [1.29, 1.82) is 0 Å². The number of nitrogens with two attached hydrogens (primary N) is 1. The van der Waals surface area contributed by atoms with E-state index in [4.69, 9.17) is 19.6 Å². The van der Waals surface area contributed by atoms with E-state index in [9.17, 15) is 0 Å². The third-order valence-corrected chi connectivity index (χ3v) is 3.39. The number of furan rings is 1. The summed E-state index contributed by atoms with van der Waals surface area (Å²) in [5, 5.41) is 6.99. The van der Waals surface area contributed by atoms with Crippen LogP contribution in [0.2, 0.25) is 0 Å². The second-order valence-corrected chi connectivity index (χ2v) is 4.84. The molecule has 3 aromatic rings. The number of rotatable bonds is 6. The van der Waals surface area contributed by atoms with Gasteiger partial charge in [-0.1, -0.05) is 6.07 Å². The Kier molecular flexibility index (Phi) is 4.29. The first-order valence-corrected chi connectivity index (χ1v) is 7.25. The van der Waals surface area contributed by atoms with Crippen molar-refractivity contribution in [2.45, 2.75) is 13.0 Å². The van der Waals surface area contributed by atoms with Crippen LogP contribution >= 0.6 is 0 Å². The summed E-state index contributed by atoms with van der Waals surface area (Å²) in [4.78, 5) is 4.39. The van der Waals surface area contributed by atoms with Crippen LogP contribution in [0.1, 0.15) is 24.4 Å². The lowest BCUT2D eigenvalue weighted by atomic mass is 10.1. The molecule has 0 saturated heterocycles. The highest BCUT2D eigenvalue weighted by Gasteiger charge is 2.17. The van der Waals surface area contributed by atoms with E-state index in [2.05, 4.69) is 15.2 Å². The number of nitrogens with one attached hydrogen (secondary N) is 1. The SMILES string of the molecule is CCOc1cc([C@@H](N)c2nc(-c3ccco3)n[nH]2)ccc1OC.